The van der Waals surface area contributed by atoms with E-state index in [0.29, 0.717) is 18.8 Å². The minimum absolute atomic E-state index is 0.145. The number of ether oxygens (including phenoxy) is 1. The minimum atomic E-state index is -0.321. The molecule has 0 fully saturated rings. The summed E-state index contributed by atoms with van der Waals surface area (Å²) in [7, 11) is 1.35. The number of likely N-dealkylation sites (N-methyl/N-ethyl adjacent to an activating group) is 1. The third kappa shape index (κ3) is 4.24. The molecule has 0 saturated carbocycles. The van der Waals surface area contributed by atoms with E-state index in [-0.39, 0.29) is 18.4 Å². The first-order chi connectivity index (χ1) is 9.12. The number of rotatable bonds is 6. The number of nitrogens with one attached hydrogen (secondary N) is 1. The van der Waals surface area contributed by atoms with E-state index in [9.17, 15) is 9.59 Å². The van der Waals surface area contributed by atoms with E-state index in [1.807, 2.05) is 18.7 Å². The predicted molar refractivity (Wildman–Crippen MR) is 72.1 cm³/mol. The second-order valence-electron chi connectivity index (χ2n) is 3.85. The van der Waals surface area contributed by atoms with E-state index in [2.05, 4.69) is 15.0 Å². The number of amides is 1. The van der Waals surface area contributed by atoms with Gasteiger partial charge in [0.25, 0.3) is 5.91 Å². The third-order valence-electron chi connectivity index (χ3n) is 2.61. The van der Waals surface area contributed by atoms with Gasteiger partial charge in [-0.2, -0.15) is 0 Å². The molecule has 0 saturated heterocycles. The van der Waals surface area contributed by atoms with Crippen LogP contribution in [0.5, 0.6) is 0 Å². The van der Waals surface area contributed by atoms with Crippen molar-refractivity contribution in [2.45, 2.75) is 13.8 Å². The summed E-state index contributed by atoms with van der Waals surface area (Å²) in [6.45, 7) is 5.09. The maximum Gasteiger partial charge on any atom is 0.325 e. The molecule has 6 nitrogen and oxygen atoms in total. The van der Waals surface area contributed by atoms with Gasteiger partial charge in [-0.25, -0.2) is 0 Å². The van der Waals surface area contributed by atoms with Gasteiger partial charge in [-0.3, -0.25) is 14.6 Å². The van der Waals surface area contributed by atoms with E-state index in [1.165, 1.54) is 7.11 Å². The number of anilines is 1. The number of pyridine rings is 1. The monoisotopic (exact) mass is 265 g/mol. The molecule has 0 radical (unpaired) electrons. The quantitative estimate of drug-likeness (QED) is 0.771. The molecular formula is C13H19N3O3. The fourth-order valence-corrected chi connectivity index (χ4v) is 1.60. The van der Waals surface area contributed by atoms with Crippen LogP contribution in [0.2, 0.25) is 0 Å². The largest absolute Gasteiger partial charge is 0.468 e. The molecule has 0 bridgehead atoms. The van der Waals surface area contributed by atoms with Crippen molar-refractivity contribution < 1.29 is 14.3 Å². The maximum atomic E-state index is 11.7. The lowest BCUT2D eigenvalue weighted by Crippen LogP contribution is -2.31. The number of esters is 1. The van der Waals surface area contributed by atoms with Gasteiger partial charge in [-0.1, -0.05) is 0 Å². The first-order valence-corrected chi connectivity index (χ1v) is 6.18. The molecule has 1 rings (SSSR count). The van der Waals surface area contributed by atoms with Crippen LogP contribution in [0.25, 0.3) is 0 Å². The Morgan fingerprint density at radius 1 is 1.42 bits per heavy atom. The number of nitrogens with zero attached hydrogens (tertiary/aromatic N) is 2. The fraction of sp³-hybridized carbons (Fsp3) is 0.462. The van der Waals surface area contributed by atoms with Crippen molar-refractivity contribution in [1.29, 1.82) is 0 Å². The zero-order valence-electron chi connectivity index (χ0n) is 11.5. The van der Waals surface area contributed by atoms with Gasteiger partial charge in [0.15, 0.2) is 0 Å². The van der Waals surface area contributed by atoms with E-state index in [1.54, 1.807) is 18.3 Å². The van der Waals surface area contributed by atoms with Crippen LogP contribution in [0.4, 0.5) is 5.69 Å². The number of hydrogen-bond acceptors (Lipinski definition) is 5. The van der Waals surface area contributed by atoms with Crippen LogP contribution >= 0.6 is 0 Å². The predicted octanol–water partition coefficient (Wildman–Crippen LogP) is 0.831. The third-order valence-corrected chi connectivity index (χ3v) is 2.61. The van der Waals surface area contributed by atoms with Gasteiger partial charge in [0, 0.05) is 25.0 Å². The summed E-state index contributed by atoms with van der Waals surface area (Å²) in [5, 5.41) is 2.69. The lowest BCUT2D eigenvalue weighted by molar-refractivity contribution is -0.138. The van der Waals surface area contributed by atoms with Crippen LogP contribution in [0.15, 0.2) is 18.3 Å². The smallest absolute Gasteiger partial charge is 0.325 e. The summed E-state index contributed by atoms with van der Waals surface area (Å²) in [5.41, 5.74) is 1.10. The fourth-order valence-electron chi connectivity index (χ4n) is 1.60. The second kappa shape index (κ2) is 7.35. The molecule has 104 valence electrons. The van der Waals surface area contributed by atoms with Crippen LogP contribution in [0.3, 0.4) is 0 Å². The Hall–Kier alpha value is -2.11. The van der Waals surface area contributed by atoms with Crippen LogP contribution in [0, 0.1) is 0 Å². The number of carbonyl (C=O) groups excluding carboxylic acids is 2. The Morgan fingerprint density at radius 2 is 2.16 bits per heavy atom. The summed E-state index contributed by atoms with van der Waals surface area (Å²) in [4.78, 5) is 28.9. The highest BCUT2D eigenvalue weighted by atomic mass is 16.5. The second-order valence-corrected chi connectivity index (χ2v) is 3.85. The molecule has 0 aliphatic heterocycles. The van der Waals surface area contributed by atoms with E-state index < -0.39 is 0 Å². The normalized spacial score (nSPS) is 9.84. The Morgan fingerprint density at radius 3 is 2.74 bits per heavy atom. The summed E-state index contributed by atoms with van der Waals surface area (Å²) in [6.07, 6.45) is 1.56. The summed E-state index contributed by atoms with van der Waals surface area (Å²) >= 11 is 0. The lowest BCUT2D eigenvalue weighted by atomic mass is 10.2. The Labute approximate surface area is 112 Å². The standard InChI is InChI=1S/C13H19N3O3/c1-4-14-13(18)11-8-10(6-7-15-11)16(5-2)9-12(17)19-3/h6-8H,4-5,9H2,1-3H3,(H,14,18). The van der Waals surface area contributed by atoms with Gasteiger partial charge in [0.1, 0.15) is 12.2 Å². The van der Waals surface area contributed by atoms with Crippen molar-refractivity contribution >= 4 is 17.6 Å². The highest BCUT2D eigenvalue weighted by Gasteiger charge is 2.13. The zero-order chi connectivity index (χ0) is 14.3. The van der Waals surface area contributed by atoms with Gasteiger partial charge < -0.3 is 15.0 Å². The first-order valence-electron chi connectivity index (χ1n) is 6.18. The van der Waals surface area contributed by atoms with Crippen molar-refractivity contribution in [1.82, 2.24) is 10.3 Å². The molecule has 19 heavy (non-hydrogen) atoms. The molecule has 6 heteroatoms. The SMILES string of the molecule is CCNC(=O)c1cc(N(CC)CC(=O)OC)ccn1. The van der Waals surface area contributed by atoms with Crippen molar-refractivity contribution in [3.8, 4) is 0 Å². The van der Waals surface area contributed by atoms with Gasteiger partial charge in [-0.05, 0) is 26.0 Å². The Kier molecular flexibility index (Phi) is 5.78. The number of hydrogen-bond donors (Lipinski definition) is 1. The number of aromatic nitrogens is 1. The molecule has 1 aromatic heterocycles. The molecule has 0 atom stereocenters. The Bertz CT molecular complexity index is 449. The van der Waals surface area contributed by atoms with Crippen molar-refractivity contribution in [3.05, 3.63) is 24.0 Å². The topological polar surface area (TPSA) is 71.5 Å². The van der Waals surface area contributed by atoms with Crippen LogP contribution < -0.4 is 10.2 Å². The van der Waals surface area contributed by atoms with Crippen LogP contribution in [-0.2, 0) is 9.53 Å². The summed E-state index contributed by atoms with van der Waals surface area (Å²) in [5.74, 6) is -0.545. The first kappa shape index (κ1) is 14.9. The Balaban J connectivity index is 2.89. The zero-order valence-corrected chi connectivity index (χ0v) is 11.5. The average molecular weight is 265 g/mol. The van der Waals surface area contributed by atoms with Crippen LogP contribution in [-0.4, -0.2) is 43.6 Å². The van der Waals surface area contributed by atoms with E-state index >= 15 is 0 Å². The number of methoxy groups -OCH3 is 1. The van der Waals surface area contributed by atoms with Gasteiger partial charge in [-0.15, -0.1) is 0 Å². The molecule has 0 aliphatic carbocycles. The summed E-state index contributed by atoms with van der Waals surface area (Å²) in [6, 6.07) is 3.42. The molecule has 1 amide bonds. The van der Waals surface area contributed by atoms with Crippen molar-refractivity contribution in [3.63, 3.8) is 0 Å². The molecule has 0 unspecified atom stereocenters. The molecule has 0 aliphatic rings. The lowest BCUT2D eigenvalue weighted by Gasteiger charge is -2.21. The van der Waals surface area contributed by atoms with Gasteiger partial charge in [0.2, 0.25) is 0 Å². The van der Waals surface area contributed by atoms with Crippen molar-refractivity contribution in [2.24, 2.45) is 0 Å². The maximum absolute atomic E-state index is 11.7. The van der Waals surface area contributed by atoms with E-state index in [0.717, 1.165) is 5.69 Å². The minimum Gasteiger partial charge on any atom is -0.468 e. The van der Waals surface area contributed by atoms with Crippen molar-refractivity contribution in [2.75, 3.05) is 31.6 Å². The molecule has 1 N–H and O–H groups in total. The summed E-state index contributed by atoms with van der Waals surface area (Å²) < 4.78 is 4.64. The molecule has 1 aromatic rings. The molecule has 0 spiro atoms. The molecule has 1 heterocycles. The van der Waals surface area contributed by atoms with E-state index in [4.69, 9.17) is 0 Å². The highest BCUT2D eigenvalue weighted by molar-refractivity contribution is 5.93. The van der Waals surface area contributed by atoms with Gasteiger partial charge in [0.05, 0.1) is 7.11 Å². The molecule has 0 aromatic carbocycles. The average Bonchev–Trinajstić information content (AvgIpc) is 2.44. The highest BCUT2D eigenvalue weighted by Crippen LogP contribution is 2.14. The van der Waals surface area contributed by atoms with Gasteiger partial charge >= 0.3 is 5.97 Å². The number of carbonyl (C=O) groups is 2. The van der Waals surface area contributed by atoms with Crippen LogP contribution in [0.1, 0.15) is 24.3 Å². The molecular weight excluding hydrogens is 246 g/mol.